The van der Waals surface area contributed by atoms with E-state index >= 15 is 0 Å². The first-order chi connectivity index (χ1) is 19.1. The molecular formula is C30H33ClN4O4. The maximum Gasteiger partial charge on any atom is 0.249 e. The molecule has 2 aliphatic heterocycles. The lowest BCUT2D eigenvalue weighted by Gasteiger charge is -2.29. The Hall–Kier alpha value is -3.17. The number of halogens is 1. The number of benzene rings is 2. The number of amides is 1. The third-order valence-corrected chi connectivity index (χ3v) is 7.98. The van der Waals surface area contributed by atoms with Gasteiger partial charge in [-0.2, -0.15) is 0 Å². The fourth-order valence-electron chi connectivity index (χ4n) is 5.59. The Labute approximate surface area is 233 Å². The topological polar surface area (TPSA) is 90.2 Å². The van der Waals surface area contributed by atoms with E-state index in [1.54, 1.807) is 6.07 Å². The van der Waals surface area contributed by atoms with Gasteiger partial charge in [-0.3, -0.25) is 9.69 Å². The summed E-state index contributed by atoms with van der Waals surface area (Å²) in [5, 5.41) is 0.505. The minimum atomic E-state index is -0.457. The zero-order chi connectivity index (χ0) is 26.8. The molecule has 0 atom stereocenters. The minimum Gasteiger partial charge on any atom is -0.491 e. The quantitative estimate of drug-likeness (QED) is 0.373. The molecule has 1 aliphatic carbocycles. The smallest absolute Gasteiger partial charge is 0.249 e. The summed E-state index contributed by atoms with van der Waals surface area (Å²) < 4.78 is 17.0. The minimum absolute atomic E-state index is 0.457. The summed E-state index contributed by atoms with van der Waals surface area (Å²) in [5.74, 6) is 0.171. The molecule has 1 amide bonds. The Morgan fingerprint density at radius 1 is 1.00 bits per heavy atom. The molecule has 2 saturated heterocycles. The predicted molar refractivity (Wildman–Crippen MR) is 152 cm³/mol. The summed E-state index contributed by atoms with van der Waals surface area (Å²) in [7, 11) is 0. The molecule has 0 bridgehead atoms. The van der Waals surface area contributed by atoms with Gasteiger partial charge in [0.2, 0.25) is 5.91 Å². The summed E-state index contributed by atoms with van der Waals surface area (Å²) in [4.78, 5) is 22.2. The molecular weight excluding hydrogens is 516 g/mol. The Bertz CT molecular complexity index is 1370. The first-order valence-corrected chi connectivity index (χ1v) is 14.0. The summed E-state index contributed by atoms with van der Waals surface area (Å²) in [6.45, 7) is 8.08. The van der Waals surface area contributed by atoms with Crippen molar-refractivity contribution in [2.45, 2.75) is 12.8 Å². The van der Waals surface area contributed by atoms with Gasteiger partial charge in [0, 0.05) is 68.1 Å². The van der Waals surface area contributed by atoms with Crippen molar-refractivity contribution in [1.82, 2.24) is 9.88 Å². The molecule has 2 fully saturated rings. The lowest BCUT2D eigenvalue weighted by Crippen LogP contribution is -2.36. The largest absolute Gasteiger partial charge is 0.491 e. The number of fused-ring (bicyclic) bond motifs is 3. The molecule has 1 aromatic heterocycles. The van der Waals surface area contributed by atoms with Crippen LogP contribution >= 0.6 is 11.6 Å². The second-order valence-corrected chi connectivity index (χ2v) is 10.6. The van der Waals surface area contributed by atoms with Crippen molar-refractivity contribution in [2.24, 2.45) is 5.73 Å². The monoisotopic (exact) mass is 548 g/mol. The molecule has 0 saturated carbocycles. The summed E-state index contributed by atoms with van der Waals surface area (Å²) in [6.07, 6.45) is 1.67. The average molecular weight is 549 g/mol. The number of hydrogen-bond donors (Lipinski definition) is 1. The van der Waals surface area contributed by atoms with E-state index < -0.39 is 5.91 Å². The Balaban J connectivity index is 1.23. The first kappa shape index (κ1) is 26.1. The number of pyridine rings is 1. The van der Waals surface area contributed by atoms with E-state index in [0.29, 0.717) is 35.1 Å². The normalized spacial score (nSPS) is 17.4. The van der Waals surface area contributed by atoms with E-state index in [1.807, 2.05) is 18.2 Å². The highest BCUT2D eigenvalue weighted by Crippen LogP contribution is 2.41. The molecule has 3 aliphatic rings. The van der Waals surface area contributed by atoms with Crippen LogP contribution in [0.1, 0.15) is 27.9 Å². The van der Waals surface area contributed by atoms with Gasteiger partial charge in [0.1, 0.15) is 12.4 Å². The summed E-state index contributed by atoms with van der Waals surface area (Å²) in [5.41, 5.74) is 12.9. The summed E-state index contributed by atoms with van der Waals surface area (Å²) in [6, 6.07) is 13.8. The molecule has 6 rings (SSSR count). The molecule has 39 heavy (non-hydrogen) atoms. The van der Waals surface area contributed by atoms with Crippen LogP contribution in [0.25, 0.3) is 22.5 Å². The molecule has 8 nitrogen and oxygen atoms in total. The van der Waals surface area contributed by atoms with Crippen molar-refractivity contribution in [1.29, 1.82) is 0 Å². The van der Waals surface area contributed by atoms with Crippen LogP contribution in [0.2, 0.25) is 5.02 Å². The van der Waals surface area contributed by atoms with E-state index in [4.69, 9.17) is 36.5 Å². The number of nitrogens with zero attached hydrogens (tertiary/aromatic N) is 3. The lowest BCUT2D eigenvalue weighted by molar-refractivity contribution is 0.0999. The number of carbonyl (C=O) groups excluding carboxylic acids is 1. The van der Waals surface area contributed by atoms with E-state index in [1.165, 1.54) is 0 Å². The number of carbonyl (C=O) groups is 1. The van der Waals surface area contributed by atoms with Gasteiger partial charge < -0.3 is 24.8 Å². The van der Waals surface area contributed by atoms with Crippen LogP contribution < -0.4 is 15.4 Å². The Morgan fingerprint density at radius 2 is 1.82 bits per heavy atom. The number of hydrogen-bond acceptors (Lipinski definition) is 7. The van der Waals surface area contributed by atoms with E-state index in [9.17, 15) is 4.79 Å². The van der Waals surface area contributed by atoms with E-state index in [-0.39, 0.29) is 0 Å². The van der Waals surface area contributed by atoms with Gasteiger partial charge in [0.25, 0.3) is 0 Å². The summed E-state index contributed by atoms with van der Waals surface area (Å²) >= 11 is 6.63. The number of anilines is 1. The van der Waals surface area contributed by atoms with Crippen LogP contribution in [-0.4, -0.2) is 81.5 Å². The second-order valence-electron chi connectivity index (χ2n) is 10.2. The number of rotatable bonds is 7. The maximum atomic E-state index is 12.5. The van der Waals surface area contributed by atoms with Crippen LogP contribution in [0, 0.1) is 0 Å². The molecule has 3 aromatic rings. The van der Waals surface area contributed by atoms with E-state index in [0.717, 1.165) is 99.2 Å². The van der Waals surface area contributed by atoms with Gasteiger partial charge in [0.05, 0.1) is 36.2 Å². The molecule has 2 N–H and O–H groups in total. The van der Waals surface area contributed by atoms with Crippen molar-refractivity contribution >= 4 is 23.2 Å². The zero-order valence-corrected chi connectivity index (χ0v) is 22.7. The number of aromatic nitrogens is 1. The van der Waals surface area contributed by atoms with Crippen LogP contribution in [0.15, 0.2) is 42.5 Å². The van der Waals surface area contributed by atoms with Crippen LogP contribution in [-0.2, 0) is 15.9 Å². The van der Waals surface area contributed by atoms with Gasteiger partial charge >= 0.3 is 0 Å². The van der Waals surface area contributed by atoms with Crippen molar-refractivity contribution in [3.8, 4) is 28.3 Å². The fourth-order valence-corrected chi connectivity index (χ4v) is 5.83. The number of ether oxygens (including phenoxy) is 3. The van der Waals surface area contributed by atoms with Crippen LogP contribution in [0.5, 0.6) is 5.75 Å². The Morgan fingerprint density at radius 3 is 2.64 bits per heavy atom. The van der Waals surface area contributed by atoms with Crippen LogP contribution in [0.3, 0.4) is 0 Å². The van der Waals surface area contributed by atoms with Gasteiger partial charge in [-0.1, -0.05) is 17.7 Å². The first-order valence-electron chi connectivity index (χ1n) is 13.6. The highest BCUT2D eigenvalue weighted by atomic mass is 35.5. The number of nitrogens with two attached hydrogens (primary N) is 1. The Kier molecular flexibility index (Phi) is 7.70. The highest BCUT2D eigenvalue weighted by molar-refractivity contribution is 6.32. The van der Waals surface area contributed by atoms with Gasteiger partial charge in [-0.05, 0) is 53.9 Å². The van der Waals surface area contributed by atoms with Gasteiger partial charge in [-0.15, -0.1) is 0 Å². The van der Waals surface area contributed by atoms with Crippen LogP contribution in [0.4, 0.5) is 5.69 Å². The van der Waals surface area contributed by atoms with Gasteiger partial charge in [0.15, 0.2) is 0 Å². The molecule has 3 heterocycles. The van der Waals surface area contributed by atoms with Crippen molar-refractivity contribution in [3.63, 3.8) is 0 Å². The van der Waals surface area contributed by atoms with Crippen molar-refractivity contribution < 1.29 is 19.0 Å². The third kappa shape index (κ3) is 5.61. The molecule has 204 valence electrons. The SMILES string of the molecule is NC(=O)c1cc(-c2ccc(OCCN3CCCOCC3)c(Cl)c2)nc2c1Cc1cc(N3CCOCC3)ccc1-2. The molecule has 0 unspecified atom stereocenters. The van der Waals surface area contributed by atoms with Crippen molar-refractivity contribution in [3.05, 3.63) is 64.2 Å². The molecule has 9 heteroatoms. The van der Waals surface area contributed by atoms with E-state index in [2.05, 4.69) is 28.0 Å². The molecule has 0 spiro atoms. The fraction of sp³-hybridized carbons (Fsp3) is 0.400. The highest BCUT2D eigenvalue weighted by Gasteiger charge is 2.27. The molecule has 0 radical (unpaired) electrons. The number of morpholine rings is 1. The number of primary amides is 1. The average Bonchev–Trinajstić information content (AvgIpc) is 3.12. The standard InChI is InChI=1S/C30H33ClN4O4/c31-26-18-20(2-5-28(26)39-15-8-34-6-1-11-37-12-7-34)27-19-25(30(32)36)24-17-21-16-22(35-9-13-38-14-10-35)3-4-23(21)29(24)33-27/h2-5,16,18-19H,1,6-15,17H2,(H2,32,36). The second kappa shape index (κ2) is 11.5. The molecule has 2 aromatic carbocycles. The van der Waals surface area contributed by atoms with Crippen molar-refractivity contribution in [2.75, 3.05) is 70.7 Å². The lowest BCUT2D eigenvalue weighted by atomic mass is 10.0. The predicted octanol–water partition coefficient (Wildman–Crippen LogP) is 4.01. The zero-order valence-electron chi connectivity index (χ0n) is 22.0. The third-order valence-electron chi connectivity index (χ3n) is 7.68. The van der Waals surface area contributed by atoms with Gasteiger partial charge in [-0.25, -0.2) is 4.98 Å². The maximum absolute atomic E-state index is 12.5.